The van der Waals surface area contributed by atoms with Crippen molar-refractivity contribution in [3.05, 3.63) is 60.2 Å². The molecular formula is C21H28O4. The zero-order valence-corrected chi connectivity index (χ0v) is 15.3. The van der Waals surface area contributed by atoms with Gasteiger partial charge in [-0.15, -0.1) is 0 Å². The Morgan fingerprint density at radius 3 is 2.04 bits per heavy atom. The number of carbonyl (C=O) groups excluding carboxylic acids is 2. The molecule has 0 radical (unpaired) electrons. The van der Waals surface area contributed by atoms with E-state index in [0.717, 1.165) is 18.4 Å². The smallest absolute Gasteiger partial charge is 0.333 e. The third-order valence-electron chi connectivity index (χ3n) is 4.28. The van der Waals surface area contributed by atoms with Gasteiger partial charge in [-0.3, -0.25) is 0 Å². The van der Waals surface area contributed by atoms with Gasteiger partial charge in [0.2, 0.25) is 0 Å². The highest BCUT2D eigenvalue weighted by molar-refractivity contribution is 5.88. The van der Waals surface area contributed by atoms with Crippen molar-refractivity contribution in [3.63, 3.8) is 0 Å². The molecule has 1 aromatic carbocycles. The first kappa shape index (κ1) is 20.7. The van der Waals surface area contributed by atoms with Gasteiger partial charge in [0.25, 0.3) is 0 Å². The number of carbonyl (C=O) groups is 2. The minimum atomic E-state index is -0.344. The highest BCUT2D eigenvalue weighted by Crippen LogP contribution is 2.29. The molecule has 25 heavy (non-hydrogen) atoms. The summed E-state index contributed by atoms with van der Waals surface area (Å²) in [6.45, 7) is 7.42. The van der Waals surface area contributed by atoms with E-state index in [2.05, 4.69) is 22.6 Å². The lowest BCUT2D eigenvalue weighted by Gasteiger charge is -2.21. The molecule has 1 saturated carbocycles. The lowest BCUT2D eigenvalue weighted by Crippen LogP contribution is -2.16. The Hall–Kier alpha value is -2.36. The molecule has 1 aliphatic carbocycles. The second kappa shape index (κ2) is 11.2. The summed E-state index contributed by atoms with van der Waals surface area (Å²) >= 11 is 0. The first-order valence-electron chi connectivity index (χ1n) is 8.56. The molecule has 0 unspecified atom stereocenters. The van der Waals surface area contributed by atoms with Crippen molar-refractivity contribution in [1.82, 2.24) is 0 Å². The number of methoxy groups -OCH3 is 2. The Labute approximate surface area is 150 Å². The molecule has 0 heterocycles. The Kier molecular flexibility index (Phi) is 9.30. The molecular weight excluding hydrogens is 316 g/mol. The van der Waals surface area contributed by atoms with Gasteiger partial charge in [0.15, 0.2) is 0 Å². The quantitative estimate of drug-likeness (QED) is 0.592. The predicted octanol–water partition coefficient (Wildman–Crippen LogP) is 4.25. The van der Waals surface area contributed by atoms with Crippen molar-refractivity contribution in [2.75, 3.05) is 14.2 Å². The van der Waals surface area contributed by atoms with Crippen LogP contribution in [0.3, 0.4) is 0 Å². The largest absolute Gasteiger partial charge is 0.466 e. The minimum Gasteiger partial charge on any atom is -0.466 e. The van der Waals surface area contributed by atoms with Crippen LogP contribution in [-0.4, -0.2) is 26.2 Å². The molecule has 0 aliphatic heterocycles. The lowest BCUT2D eigenvalue weighted by atomic mass is 9.84. The zero-order chi connectivity index (χ0) is 18.7. The number of esters is 2. The van der Waals surface area contributed by atoms with Gasteiger partial charge in [-0.1, -0.05) is 62.8 Å². The molecule has 136 valence electrons. The fourth-order valence-corrected chi connectivity index (χ4v) is 2.81. The van der Waals surface area contributed by atoms with E-state index in [-0.39, 0.29) is 11.9 Å². The van der Waals surface area contributed by atoms with Gasteiger partial charge in [-0.2, -0.15) is 0 Å². The summed E-state index contributed by atoms with van der Waals surface area (Å²) in [6, 6.07) is 9.70. The average molecular weight is 344 g/mol. The zero-order valence-electron chi connectivity index (χ0n) is 15.3. The van der Waals surface area contributed by atoms with Crippen LogP contribution in [0.15, 0.2) is 54.6 Å². The molecule has 0 saturated heterocycles. The van der Waals surface area contributed by atoms with E-state index in [1.165, 1.54) is 33.5 Å². The van der Waals surface area contributed by atoms with Gasteiger partial charge < -0.3 is 9.47 Å². The van der Waals surface area contributed by atoms with Crippen LogP contribution >= 0.6 is 0 Å². The fraction of sp³-hybridized carbons (Fsp3) is 0.429. The van der Waals surface area contributed by atoms with E-state index in [9.17, 15) is 9.59 Å². The third kappa shape index (κ3) is 7.38. The van der Waals surface area contributed by atoms with Crippen LogP contribution in [0.1, 0.15) is 37.7 Å². The fourth-order valence-electron chi connectivity index (χ4n) is 2.81. The van der Waals surface area contributed by atoms with E-state index < -0.39 is 0 Å². The van der Waals surface area contributed by atoms with Crippen LogP contribution < -0.4 is 0 Å². The van der Waals surface area contributed by atoms with E-state index in [4.69, 9.17) is 0 Å². The molecule has 0 bridgehead atoms. The Morgan fingerprint density at radius 1 is 0.960 bits per heavy atom. The molecule has 4 heteroatoms. The molecule has 0 spiro atoms. The van der Waals surface area contributed by atoms with Crippen LogP contribution in [0.25, 0.3) is 0 Å². The maximum absolute atomic E-state index is 11.1. The minimum absolute atomic E-state index is 0.234. The van der Waals surface area contributed by atoms with Gasteiger partial charge in [-0.05, 0) is 24.3 Å². The average Bonchev–Trinajstić information content (AvgIpc) is 2.68. The molecule has 0 amide bonds. The molecule has 0 N–H and O–H groups in total. The molecule has 1 aromatic rings. The van der Waals surface area contributed by atoms with Crippen LogP contribution in [0.4, 0.5) is 0 Å². The van der Waals surface area contributed by atoms with Gasteiger partial charge in [0.05, 0.1) is 14.2 Å². The molecule has 0 atom stereocenters. The van der Waals surface area contributed by atoms with Crippen LogP contribution in [0.2, 0.25) is 0 Å². The summed E-state index contributed by atoms with van der Waals surface area (Å²) in [4.78, 5) is 22.1. The summed E-state index contributed by atoms with van der Waals surface area (Å²) in [5.41, 5.74) is 2.21. The van der Waals surface area contributed by atoms with Crippen molar-refractivity contribution in [2.24, 2.45) is 5.92 Å². The Bertz CT molecular complexity index is 583. The monoisotopic (exact) mass is 344 g/mol. The van der Waals surface area contributed by atoms with Crippen LogP contribution in [0, 0.1) is 5.92 Å². The molecule has 1 aliphatic rings. The van der Waals surface area contributed by atoms with Gasteiger partial charge >= 0.3 is 11.9 Å². The van der Waals surface area contributed by atoms with Gasteiger partial charge in [-0.25, -0.2) is 9.59 Å². The maximum atomic E-state index is 11.1. The van der Waals surface area contributed by atoms with E-state index >= 15 is 0 Å². The van der Waals surface area contributed by atoms with Gasteiger partial charge in [0, 0.05) is 17.6 Å². The summed E-state index contributed by atoms with van der Waals surface area (Å²) in [7, 11) is 2.77. The summed E-state index contributed by atoms with van der Waals surface area (Å²) in [5, 5.41) is 0. The summed E-state index contributed by atoms with van der Waals surface area (Å²) in [6.07, 6.45) is 6.50. The van der Waals surface area contributed by atoms with E-state index in [1.54, 1.807) is 0 Å². The maximum Gasteiger partial charge on any atom is 0.333 e. The first-order chi connectivity index (χ1) is 12.0. The Balaban J connectivity index is 0.000000251. The van der Waals surface area contributed by atoms with Gasteiger partial charge in [0.1, 0.15) is 0 Å². The van der Waals surface area contributed by atoms with Crippen molar-refractivity contribution >= 4 is 11.9 Å². The number of benzene rings is 1. The number of hydrogen-bond donors (Lipinski definition) is 0. The van der Waals surface area contributed by atoms with Crippen molar-refractivity contribution in [1.29, 1.82) is 0 Å². The van der Waals surface area contributed by atoms with Crippen molar-refractivity contribution in [2.45, 2.75) is 38.5 Å². The normalized spacial score (nSPS) is 13.8. The number of hydrogen-bond acceptors (Lipinski definition) is 4. The standard InChI is InChI=1S/C11H12O2.C10H16O2/c1-9(11(12)13-2)8-10-6-4-3-5-7-10;1-8(10(11)12-2)9-6-4-3-5-7-9/h3-7H,1,8H2,2H3;9H,1,3-7H2,2H3. The predicted molar refractivity (Wildman–Crippen MR) is 99.0 cm³/mol. The Morgan fingerprint density at radius 2 is 1.52 bits per heavy atom. The highest BCUT2D eigenvalue weighted by atomic mass is 16.5. The third-order valence-corrected chi connectivity index (χ3v) is 4.28. The second-order valence-corrected chi connectivity index (χ2v) is 6.11. The van der Waals surface area contributed by atoms with Crippen molar-refractivity contribution in [3.8, 4) is 0 Å². The molecule has 4 nitrogen and oxygen atoms in total. The molecule has 0 aromatic heterocycles. The topological polar surface area (TPSA) is 52.6 Å². The molecule has 2 rings (SSSR count). The summed E-state index contributed by atoms with van der Waals surface area (Å²) < 4.78 is 9.17. The van der Waals surface area contributed by atoms with E-state index in [1.807, 2.05) is 30.3 Å². The number of rotatable bonds is 5. The van der Waals surface area contributed by atoms with Crippen molar-refractivity contribution < 1.29 is 19.1 Å². The highest BCUT2D eigenvalue weighted by Gasteiger charge is 2.21. The van der Waals surface area contributed by atoms with E-state index in [0.29, 0.717) is 23.5 Å². The van der Waals surface area contributed by atoms with Crippen LogP contribution in [-0.2, 0) is 25.5 Å². The first-order valence-corrected chi connectivity index (χ1v) is 8.56. The molecule has 1 fully saturated rings. The summed E-state index contributed by atoms with van der Waals surface area (Å²) in [5.74, 6) is -0.197. The second-order valence-electron chi connectivity index (χ2n) is 6.11. The lowest BCUT2D eigenvalue weighted by molar-refractivity contribution is -0.137. The number of ether oxygens (including phenoxy) is 2. The van der Waals surface area contributed by atoms with Crippen LogP contribution in [0.5, 0.6) is 0 Å². The SMILES string of the molecule is C=C(C(=O)OC)C1CCCCC1.C=C(Cc1ccccc1)C(=O)OC.